The summed E-state index contributed by atoms with van der Waals surface area (Å²) < 4.78 is 25.2. The summed E-state index contributed by atoms with van der Waals surface area (Å²) in [7, 11) is 1.70. The first-order chi connectivity index (χ1) is 13.8. The molecular weight excluding hydrogens is 367 g/mol. The van der Waals surface area contributed by atoms with Crippen LogP contribution in [0, 0.1) is 0 Å². The zero-order chi connectivity index (χ0) is 21.3. The van der Waals surface area contributed by atoms with E-state index in [2.05, 4.69) is 39.8 Å². The molecular formula is C25H27FO3. The van der Waals surface area contributed by atoms with Crippen molar-refractivity contribution in [2.24, 2.45) is 0 Å². The van der Waals surface area contributed by atoms with Gasteiger partial charge in [-0.15, -0.1) is 0 Å². The van der Waals surface area contributed by atoms with E-state index in [0.29, 0.717) is 23.2 Å². The van der Waals surface area contributed by atoms with Gasteiger partial charge >= 0.3 is 0 Å². The van der Waals surface area contributed by atoms with Gasteiger partial charge in [0.25, 0.3) is 0 Å². The molecule has 0 fully saturated rings. The third-order valence-electron chi connectivity index (χ3n) is 5.29. The lowest BCUT2D eigenvalue weighted by molar-refractivity contribution is -0.106. The van der Waals surface area contributed by atoms with Gasteiger partial charge in [-0.05, 0) is 59.7 Å². The lowest BCUT2D eigenvalue weighted by Gasteiger charge is -2.20. The molecule has 0 radical (unpaired) electrons. The fourth-order valence-corrected chi connectivity index (χ4v) is 3.48. The number of rotatable bonds is 6. The van der Waals surface area contributed by atoms with Crippen LogP contribution in [0.3, 0.4) is 0 Å². The van der Waals surface area contributed by atoms with Gasteiger partial charge in [0.15, 0.2) is 12.1 Å². The highest BCUT2D eigenvalue weighted by Crippen LogP contribution is 2.41. The topological polar surface area (TPSA) is 39.4 Å². The summed E-state index contributed by atoms with van der Waals surface area (Å²) in [5, 5.41) is 0.846. The van der Waals surface area contributed by atoms with Gasteiger partial charge < -0.3 is 9.15 Å². The summed E-state index contributed by atoms with van der Waals surface area (Å²) in [6, 6.07) is 12.0. The first-order valence-corrected chi connectivity index (χ1v) is 9.84. The molecule has 0 aliphatic rings. The van der Waals surface area contributed by atoms with E-state index in [1.54, 1.807) is 13.2 Å². The molecule has 0 unspecified atom stereocenters. The number of methoxy groups -OCH3 is 1. The highest BCUT2D eigenvalue weighted by molar-refractivity contribution is 5.90. The minimum absolute atomic E-state index is 0.194. The van der Waals surface area contributed by atoms with Gasteiger partial charge in [-0.1, -0.05) is 39.8 Å². The Labute approximate surface area is 171 Å². The third kappa shape index (κ3) is 3.98. The molecule has 1 heterocycles. The summed E-state index contributed by atoms with van der Waals surface area (Å²) in [5.41, 5.74) is 5.30. The van der Waals surface area contributed by atoms with E-state index < -0.39 is 5.83 Å². The minimum Gasteiger partial charge on any atom is -0.496 e. The van der Waals surface area contributed by atoms with Gasteiger partial charge in [0, 0.05) is 16.5 Å². The maximum absolute atomic E-state index is 13.7. The first-order valence-electron chi connectivity index (χ1n) is 9.84. The Kier molecular flexibility index (Phi) is 5.92. The molecule has 3 aromatic rings. The van der Waals surface area contributed by atoms with Gasteiger partial charge in [0.05, 0.1) is 7.11 Å². The van der Waals surface area contributed by atoms with Crippen molar-refractivity contribution in [2.75, 3.05) is 7.11 Å². The maximum atomic E-state index is 13.7. The van der Waals surface area contributed by atoms with E-state index in [4.69, 9.17) is 9.15 Å². The lowest BCUT2D eigenvalue weighted by atomic mass is 9.89. The van der Waals surface area contributed by atoms with Crippen molar-refractivity contribution in [3.63, 3.8) is 0 Å². The predicted octanol–water partition coefficient (Wildman–Crippen LogP) is 7.25. The molecule has 0 amide bonds. The maximum Gasteiger partial charge on any atom is 0.178 e. The van der Waals surface area contributed by atoms with E-state index in [1.807, 2.05) is 18.2 Å². The van der Waals surface area contributed by atoms with Crippen LogP contribution in [0.4, 0.5) is 4.39 Å². The second kappa shape index (κ2) is 8.24. The number of fused-ring (bicyclic) bond motifs is 1. The molecule has 4 heteroatoms. The first kappa shape index (κ1) is 20.8. The number of carbonyl (C=O) groups is 1. The van der Waals surface area contributed by atoms with Crippen molar-refractivity contribution >= 4 is 22.8 Å². The average molecular weight is 394 g/mol. The van der Waals surface area contributed by atoms with Gasteiger partial charge in [-0.2, -0.15) is 0 Å². The van der Waals surface area contributed by atoms with E-state index >= 15 is 0 Å². The number of hydrogen-bond donors (Lipinski definition) is 0. The molecule has 0 aliphatic carbocycles. The number of aldehydes is 1. The molecule has 0 bridgehead atoms. The van der Waals surface area contributed by atoms with E-state index in [9.17, 15) is 9.18 Å². The third-order valence-corrected chi connectivity index (χ3v) is 5.29. The van der Waals surface area contributed by atoms with E-state index in [0.717, 1.165) is 22.3 Å². The molecule has 0 aliphatic heterocycles. The molecule has 0 N–H and O–H groups in total. The van der Waals surface area contributed by atoms with E-state index in [1.165, 1.54) is 18.1 Å². The zero-order valence-corrected chi connectivity index (χ0v) is 17.8. The van der Waals surface area contributed by atoms with Crippen LogP contribution in [0.15, 0.2) is 46.6 Å². The van der Waals surface area contributed by atoms with Crippen LogP contribution < -0.4 is 4.74 Å². The van der Waals surface area contributed by atoms with Crippen LogP contribution in [0.1, 0.15) is 63.3 Å². The standard InChI is InChI=1S/C25H27FO3/c1-14(2)18-10-20(15(3)4)25(28-6)21(11-18)17-7-8-23-19(9-17)12-24(29-23)16(5)22(26)13-27/h7-15H,1-6H3/b22-16-. The normalized spacial score (nSPS) is 12.6. The molecule has 1 aromatic heterocycles. The largest absolute Gasteiger partial charge is 0.496 e. The van der Waals surface area contributed by atoms with Crippen molar-refractivity contribution in [1.82, 2.24) is 0 Å². The summed E-state index contributed by atoms with van der Waals surface area (Å²) in [6.45, 7) is 10.2. The van der Waals surface area contributed by atoms with Gasteiger partial charge in [0.2, 0.25) is 0 Å². The molecule has 0 atom stereocenters. The number of hydrogen-bond acceptors (Lipinski definition) is 3. The van der Waals surface area contributed by atoms with Crippen LogP contribution in [0.5, 0.6) is 5.75 Å². The Hall–Kier alpha value is -2.88. The highest BCUT2D eigenvalue weighted by Gasteiger charge is 2.18. The molecule has 3 nitrogen and oxygen atoms in total. The molecule has 0 spiro atoms. The summed E-state index contributed by atoms with van der Waals surface area (Å²) in [5.74, 6) is 1.12. The van der Waals surface area contributed by atoms with Crippen molar-refractivity contribution in [1.29, 1.82) is 0 Å². The number of halogens is 1. The number of ether oxygens (including phenoxy) is 1. The van der Waals surface area contributed by atoms with Gasteiger partial charge in [-0.3, -0.25) is 4.79 Å². The zero-order valence-electron chi connectivity index (χ0n) is 17.8. The van der Waals surface area contributed by atoms with Crippen molar-refractivity contribution in [3.8, 4) is 16.9 Å². The second-order valence-corrected chi connectivity index (χ2v) is 7.95. The van der Waals surface area contributed by atoms with Crippen LogP contribution in [0.2, 0.25) is 0 Å². The number of furan rings is 1. The highest BCUT2D eigenvalue weighted by atomic mass is 19.1. The minimum atomic E-state index is -0.822. The molecule has 0 saturated heterocycles. The smallest absolute Gasteiger partial charge is 0.178 e. The Morgan fingerprint density at radius 2 is 1.79 bits per heavy atom. The molecule has 29 heavy (non-hydrogen) atoms. The Morgan fingerprint density at radius 1 is 1.07 bits per heavy atom. The summed E-state index contributed by atoms with van der Waals surface area (Å²) >= 11 is 0. The SMILES string of the molecule is COc1c(-c2ccc3oc(/C(C)=C(\F)C=O)cc3c2)cc(C(C)C)cc1C(C)C. The summed E-state index contributed by atoms with van der Waals surface area (Å²) in [6.07, 6.45) is 0.198. The summed E-state index contributed by atoms with van der Waals surface area (Å²) in [4.78, 5) is 10.7. The van der Waals surface area contributed by atoms with Crippen molar-refractivity contribution < 1.29 is 18.3 Å². The van der Waals surface area contributed by atoms with Crippen LogP contribution in [-0.2, 0) is 4.79 Å². The monoisotopic (exact) mass is 394 g/mol. The molecule has 0 saturated carbocycles. The Bertz CT molecular complexity index is 1090. The fraction of sp³-hybridized carbons (Fsp3) is 0.320. The second-order valence-electron chi connectivity index (χ2n) is 7.95. The molecule has 3 rings (SSSR count). The molecule has 2 aromatic carbocycles. The van der Waals surface area contributed by atoms with Crippen molar-refractivity contribution in [2.45, 2.75) is 46.5 Å². The van der Waals surface area contributed by atoms with Crippen LogP contribution in [-0.4, -0.2) is 13.4 Å². The average Bonchev–Trinajstić information content (AvgIpc) is 3.14. The van der Waals surface area contributed by atoms with Crippen molar-refractivity contribution in [3.05, 3.63) is 59.1 Å². The quantitative estimate of drug-likeness (QED) is 0.326. The lowest BCUT2D eigenvalue weighted by Crippen LogP contribution is -2.00. The number of benzene rings is 2. The Balaban J connectivity index is 2.21. The van der Waals surface area contributed by atoms with Gasteiger partial charge in [0.1, 0.15) is 17.1 Å². The van der Waals surface area contributed by atoms with Crippen LogP contribution >= 0.6 is 0 Å². The van der Waals surface area contributed by atoms with Crippen LogP contribution in [0.25, 0.3) is 27.7 Å². The number of carbonyl (C=O) groups excluding carboxylic acids is 1. The van der Waals surface area contributed by atoms with E-state index in [-0.39, 0.29) is 11.9 Å². The molecule has 152 valence electrons. The fourth-order valence-electron chi connectivity index (χ4n) is 3.48. The number of allylic oxidation sites excluding steroid dienone is 2. The Morgan fingerprint density at radius 3 is 2.38 bits per heavy atom. The van der Waals surface area contributed by atoms with Gasteiger partial charge in [-0.25, -0.2) is 4.39 Å². The predicted molar refractivity (Wildman–Crippen MR) is 116 cm³/mol.